The normalized spacial score (nSPS) is 23.0. The Morgan fingerprint density at radius 3 is 2.57 bits per heavy atom. The summed E-state index contributed by atoms with van der Waals surface area (Å²) < 4.78 is 0. The Morgan fingerprint density at radius 2 is 1.87 bits per heavy atom. The molecule has 4 heterocycles. The second-order valence-corrected chi connectivity index (χ2v) is 6.34. The molecule has 0 aromatic carbocycles. The van der Waals surface area contributed by atoms with Gasteiger partial charge in [-0.05, 0) is 19.1 Å². The summed E-state index contributed by atoms with van der Waals surface area (Å²) in [7, 11) is 0. The van der Waals surface area contributed by atoms with Crippen molar-refractivity contribution in [2.45, 2.75) is 6.92 Å². The van der Waals surface area contributed by atoms with E-state index >= 15 is 0 Å². The van der Waals surface area contributed by atoms with Crippen molar-refractivity contribution in [1.82, 2.24) is 15.0 Å². The van der Waals surface area contributed by atoms with Gasteiger partial charge in [0, 0.05) is 56.0 Å². The number of nitriles is 1. The van der Waals surface area contributed by atoms with Gasteiger partial charge in [0.1, 0.15) is 18.2 Å². The molecular weight excluding hydrogens is 288 g/mol. The van der Waals surface area contributed by atoms with Crippen molar-refractivity contribution in [3.8, 4) is 6.07 Å². The van der Waals surface area contributed by atoms with E-state index in [1.807, 2.05) is 18.3 Å². The third-order valence-electron chi connectivity index (χ3n) is 4.89. The van der Waals surface area contributed by atoms with Crippen molar-refractivity contribution >= 4 is 11.5 Å². The molecule has 4 rings (SSSR count). The minimum atomic E-state index is 0.524. The van der Waals surface area contributed by atoms with Crippen molar-refractivity contribution in [3.05, 3.63) is 42.1 Å². The van der Waals surface area contributed by atoms with Gasteiger partial charge in [-0.15, -0.1) is 0 Å². The quantitative estimate of drug-likeness (QED) is 0.840. The number of hydrogen-bond donors (Lipinski definition) is 0. The summed E-state index contributed by atoms with van der Waals surface area (Å²) in [5.74, 6) is 2.27. The Hall–Kier alpha value is -2.68. The largest absolute Gasteiger partial charge is 0.368 e. The third kappa shape index (κ3) is 2.38. The second-order valence-electron chi connectivity index (χ2n) is 6.34. The van der Waals surface area contributed by atoms with Gasteiger partial charge in [-0.3, -0.25) is 0 Å². The van der Waals surface area contributed by atoms with E-state index in [2.05, 4.69) is 37.7 Å². The zero-order valence-electron chi connectivity index (χ0n) is 13.1. The predicted octanol–water partition coefficient (Wildman–Crippen LogP) is 1.62. The van der Waals surface area contributed by atoms with E-state index in [0.29, 0.717) is 17.5 Å². The Balaban J connectivity index is 1.51. The van der Waals surface area contributed by atoms with Gasteiger partial charge in [-0.25, -0.2) is 15.0 Å². The summed E-state index contributed by atoms with van der Waals surface area (Å²) >= 11 is 0. The van der Waals surface area contributed by atoms with Crippen LogP contribution in [0.25, 0.3) is 0 Å². The van der Waals surface area contributed by atoms with Crippen LogP contribution in [0.2, 0.25) is 0 Å². The lowest BCUT2D eigenvalue weighted by Crippen LogP contribution is -2.30. The van der Waals surface area contributed by atoms with Gasteiger partial charge in [0.25, 0.3) is 0 Å². The first-order chi connectivity index (χ1) is 11.3. The first-order valence-corrected chi connectivity index (χ1v) is 7.88. The molecule has 0 N–H and O–H groups in total. The van der Waals surface area contributed by atoms with Crippen LogP contribution < -0.4 is 9.80 Å². The van der Waals surface area contributed by atoms with Crippen molar-refractivity contribution < 1.29 is 0 Å². The molecule has 0 saturated carbocycles. The van der Waals surface area contributed by atoms with Crippen LogP contribution in [0, 0.1) is 30.1 Å². The van der Waals surface area contributed by atoms with E-state index in [9.17, 15) is 5.26 Å². The molecule has 2 aliphatic rings. The van der Waals surface area contributed by atoms with E-state index in [-0.39, 0.29) is 0 Å². The maximum Gasteiger partial charge on any atom is 0.163 e. The Morgan fingerprint density at radius 1 is 1.13 bits per heavy atom. The highest BCUT2D eigenvalue weighted by Gasteiger charge is 2.41. The predicted molar refractivity (Wildman–Crippen MR) is 87.1 cm³/mol. The molecule has 2 unspecified atom stereocenters. The van der Waals surface area contributed by atoms with Crippen LogP contribution in [0.5, 0.6) is 0 Å². The number of pyridine rings is 1. The average Bonchev–Trinajstić information content (AvgIpc) is 3.14. The molecule has 0 spiro atoms. The van der Waals surface area contributed by atoms with Crippen LogP contribution in [0.15, 0.2) is 30.9 Å². The molecule has 2 aromatic rings. The van der Waals surface area contributed by atoms with Gasteiger partial charge in [0.15, 0.2) is 5.69 Å². The first kappa shape index (κ1) is 13.9. The minimum absolute atomic E-state index is 0.524. The van der Waals surface area contributed by atoms with Crippen molar-refractivity contribution in [2.24, 2.45) is 11.8 Å². The fraction of sp³-hybridized carbons (Fsp3) is 0.412. The van der Waals surface area contributed by atoms with Gasteiger partial charge in [0.05, 0.1) is 5.69 Å². The highest BCUT2D eigenvalue weighted by atomic mass is 15.3. The number of aryl methyl sites for hydroxylation is 1. The topological polar surface area (TPSA) is 68.9 Å². The monoisotopic (exact) mass is 306 g/mol. The number of nitrogens with zero attached hydrogens (tertiary/aromatic N) is 6. The maximum absolute atomic E-state index is 9.24. The van der Waals surface area contributed by atoms with E-state index in [4.69, 9.17) is 0 Å². The zero-order chi connectivity index (χ0) is 15.8. The fourth-order valence-corrected chi connectivity index (χ4v) is 3.82. The lowest BCUT2D eigenvalue weighted by atomic mass is 10.0. The molecule has 2 aromatic heterocycles. The van der Waals surface area contributed by atoms with Gasteiger partial charge >= 0.3 is 0 Å². The van der Waals surface area contributed by atoms with E-state index in [1.54, 1.807) is 12.5 Å². The molecule has 2 aliphatic heterocycles. The van der Waals surface area contributed by atoms with E-state index < -0.39 is 0 Å². The van der Waals surface area contributed by atoms with Crippen molar-refractivity contribution in [3.63, 3.8) is 0 Å². The first-order valence-electron chi connectivity index (χ1n) is 7.88. The molecule has 0 amide bonds. The van der Waals surface area contributed by atoms with Gasteiger partial charge in [0.2, 0.25) is 0 Å². The van der Waals surface area contributed by atoms with Crippen LogP contribution in [0.3, 0.4) is 0 Å². The summed E-state index contributed by atoms with van der Waals surface area (Å²) in [4.78, 5) is 17.4. The number of aromatic nitrogens is 3. The van der Waals surface area contributed by atoms with Gasteiger partial charge in [-0.2, -0.15) is 5.26 Å². The minimum Gasteiger partial charge on any atom is -0.368 e. The number of rotatable bonds is 2. The summed E-state index contributed by atoms with van der Waals surface area (Å²) in [6.45, 7) is 6.05. The number of anilines is 2. The lowest BCUT2D eigenvalue weighted by Gasteiger charge is -2.24. The standard InChI is InChI=1S/C17H18N6/c1-12-6-19-11-21-17(12)23-9-13-7-22(8-14(13)10-23)16-3-2-4-20-15(16)5-18/h2-4,6,11,13-14H,7-10H2,1H3. The van der Waals surface area contributed by atoms with Gasteiger partial charge in [-0.1, -0.05) is 0 Å². The average molecular weight is 306 g/mol. The molecule has 2 atom stereocenters. The number of fused-ring (bicyclic) bond motifs is 1. The van der Waals surface area contributed by atoms with E-state index in [0.717, 1.165) is 43.2 Å². The highest BCUT2D eigenvalue weighted by molar-refractivity contribution is 5.57. The summed E-state index contributed by atoms with van der Waals surface area (Å²) in [6.07, 6.45) is 5.17. The second kappa shape index (κ2) is 5.51. The van der Waals surface area contributed by atoms with Gasteiger partial charge < -0.3 is 9.80 Å². The summed E-state index contributed by atoms with van der Waals surface area (Å²) in [5.41, 5.74) is 2.62. The molecule has 6 heteroatoms. The maximum atomic E-state index is 9.24. The molecular formula is C17H18N6. The SMILES string of the molecule is Cc1cncnc1N1CC2CN(c3cccnc3C#N)CC2C1. The van der Waals surface area contributed by atoms with Crippen LogP contribution in [-0.4, -0.2) is 41.1 Å². The van der Waals surface area contributed by atoms with Crippen molar-refractivity contribution in [2.75, 3.05) is 36.0 Å². The summed E-state index contributed by atoms with van der Waals surface area (Å²) in [6, 6.07) is 6.10. The fourth-order valence-electron chi connectivity index (χ4n) is 3.82. The van der Waals surface area contributed by atoms with Crippen LogP contribution in [0.1, 0.15) is 11.3 Å². The number of hydrogen-bond acceptors (Lipinski definition) is 6. The summed E-state index contributed by atoms with van der Waals surface area (Å²) in [5, 5.41) is 9.24. The van der Waals surface area contributed by atoms with Crippen LogP contribution in [0.4, 0.5) is 11.5 Å². The smallest absolute Gasteiger partial charge is 0.163 e. The molecule has 0 bridgehead atoms. The molecule has 2 fully saturated rings. The van der Waals surface area contributed by atoms with Crippen LogP contribution in [-0.2, 0) is 0 Å². The molecule has 23 heavy (non-hydrogen) atoms. The van der Waals surface area contributed by atoms with E-state index in [1.165, 1.54) is 0 Å². The third-order valence-corrected chi connectivity index (χ3v) is 4.89. The molecule has 6 nitrogen and oxygen atoms in total. The zero-order valence-corrected chi connectivity index (χ0v) is 13.1. The molecule has 0 aliphatic carbocycles. The molecule has 0 radical (unpaired) electrons. The Labute approximate surface area is 135 Å². The Kier molecular flexibility index (Phi) is 3.34. The van der Waals surface area contributed by atoms with Crippen LogP contribution >= 0.6 is 0 Å². The molecule has 116 valence electrons. The highest BCUT2D eigenvalue weighted by Crippen LogP contribution is 2.36. The van der Waals surface area contributed by atoms with Crippen molar-refractivity contribution in [1.29, 1.82) is 5.26 Å². The lowest BCUT2D eigenvalue weighted by molar-refractivity contribution is 0.533. The Bertz CT molecular complexity index is 754. The molecule has 2 saturated heterocycles.